The summed E-state index contributed by atoms with van der Waals surface area (Å²) < 4.78 is 0. The molecule has 1 heterocycles. The summed E-state index contributed by atoms with van der Waals surface area (Å²) in [6, 6.07) is 0. The van der Waals surface area contributed by atoms with Gasteiger partial charge in [0.05, 0.1) is 0 Å². The predicted octanol–water partition coefficient (Wildman–Crippen LogP) is 5.15. The van der Waals surface area contributed by atoms with Crippen LogP contribution in [0.5, 0.6) is 0 Å². The molecule has 0 aromatic carbocycles. The van der Waals surface area contributed by atoms with Crippen LogP contribution in [0.25, 0.3) is 0 Å². The summed E-state index contributed by atoms with van der Waals surface area (Å²) in [5.41, 5.74) is 6.72. The first-order valence-electron chi connectivity index (χ1n) is 9.59. The van der Waals surface area contributed by atoms with Crippen molar-refractivity contribution >= 4 is 0 Å². The van der Waals surface area contributed by atoms with Gasteiger partial charge in [-0.15, -0.1) is 0 Å². The number of imidazole rings is 1. The molecule has 0 atom stereocenters. The largest absolute Gasteiger partial charge is 0.346 e. The van der Waals surface area contributed by atoms with Crippen LogP contribution in [0.15, 0.2) is 6.20 Å². The van der Waals surface area contributed by atoms with Crippen LogP contribution in [-0.2, 0) is 12.8 Å². The molecule has 22 heavy (non-hydrogen) atoms. The molecule has 0 spiro atoms. The molecule has 0 unspecified atom stereocenters. The highest BCUT2D eigenvalue weighted by Crippen LogP contribution is 2.12. The van der Waals surface area contributed by atoms with E-state index in [1.807, 2.05) is 6.20 Å². The van der Waals surface area contributed by atoms with Crippen LogP contribution in [0.3, 0.4) is 0 Å². The molecule has 3 N–H and O–H groups in total. The highest BCUT2D eigenvalue weighted by atomic mass is 14.9. The third-order valence-electron chi connectivity index (χ3n) is 4.36. The van der Waals surface area contributed by atoms with Gasteiger partial charge < -0.3 is 10.7 Å². The summed E-state index contributed by atoms with van der Waals surface area (Å²) in [6.07, 6.45) is 20.7. The molecular weight excluding hydrogens is 270 g/mol. The van der Waals surface area contributed by atoms with Crippen molar-refractivity contribution in [3.63, 3.8) is 0 Å². The molecule has 0 bridgehead atoms. The minimum absolute atomic E-state index is 0.695. The van der Waals surface area contributed by atoms with E-state index >= 15 is 0 Å². The highest BCUT2D eigenvalue weighted by Gasteiger charge is 2.00. The number of aromatic nitrogens is 2. The Kier molecular flexibility index (Phi) is 12.1. The van der Waals surface area contributed by atoms with Crippen molar-refractivity contribution in [2.75, 3.05) is 6.54 Å². The minimum Gasteiger partial charge on any atom is -0.346 e. The molecule has 0 aliphatic heterocycles. The summed E-state index contributed by atoms with van der Waals surface area (Å²) >= 11 is 0. The van der Waals surface area contributed by atoms with Gasteiger partial charge in [0.1, 0.15) is 5.82 Å². The number of nitrogens with two attached hydrogens (primary N) is 1. The second kappa shape index (κ2) is 13.8. The van der Waals surface area contributed by atoms with Crippen molar-refractivity contribution in [2.45, 2.75) is 96.8 Å². The van der Waals surface area contributed by atoms with Gasteiger partial charge >= 0.3 is 0 Å². The third kappa shape index (κ3) is 9.99. The van der Waals surface area contributed by atoms with Gasteiger partial charge in [-0.05, 0) is 13.0 Å². The quantitative estimate of drug-likeness (QED) is 0.440. The van der Waals surface area contributed by atoms with Gasteiger partial charge in [-0.2, -0.15) is 0 Å². The first-order chi connectivity index (χ1) is 10.9. The number of unbranched alkanes of at least 4 members (excludes halogenated alkanes) is 11. The predicted molar refractivity (Wildman–Crippen MR) is 96.1 cm³/mol. The van der Waals surface area contributed by atoms with Crippen molar-refractivity contribution in [3.8, 4) is 0 Å². The van der Waals surface area contributed by atoms with Crippen LogP contribution in [0.4, 0.5) is 0 Å². The van der Waals surface area contributed by atoms with Gasteiger partial charge in [-0.3, -0.25) is 0 Å². The Balaban J connectivity index is 1.83. The first kappa shape index (κ1) is 19.2. The molecule has 1 aromatic heterocycles. The molecule has 0 fully saturated rings. The monoisotopic (exact) mass is 307 g/mol. The van der Waals surface area contributed by atoms with Crippen molar-refractivity contribution in [1.29, 1.82) is 0 Å². The summed E-state index contributed by atoms with van der Waals surface area (Å²) in [4.78, 5) is 7.78. The molecule has 128 valence electrons. The summed E-state index contributed by atoms with van der Waals surface area (Å²) in [7, 11) is 0. The average molecular weight is 308 g/mol. The van der Waals surface area contributed by atoms with Gasteiger partial charge in [0.2, 0.25) is 0 Å². The first-order valence-corrected chi connectivity index (χ1v) is 9.59. The van der Waals surface area contributed by atoms with Crippen molar-refractivity contribution in [2.24, 2.45) is 5.73 Å². The lowest BCUT2D eigenvalue weighted by Crippen LogP contribution is -2.02. The number of nitrogens with zero attached hydrogens (tertiary/aromatic N) is 1. The van der Waals surface area contributed by atoms with E-state index in [1.54, 1.807) is 0 Å². The van der Waals surface area contributed by atoms with Crippen LogP contribution in [0.2, 0.25) is 0 Å². The van der Waals surface area contributed by atoms with E-state index in [4.69, 9.17) is 5.73 Å². The number of nitrogens with one attached hydrogen (secondary N) is 1. The van der Waals surface area contributed by atoms with Crippen LogP contribution in [0.1, 0.15) is 95.5 Å². The maximum atomic E-state index is 5.54. The van der Waals surface area contributed by atoms with E-state index in [-0.39, 0.29) is 0 Å². The number of aryl methyl sites for hydroxylation is 1. The van der Waals surface area contributed by atoms with E-state index < -0.39 is 0 Å². The Morgan fingerprint density at radius 3 is 1.91 bits per heavy atom. The second-order valence-corrected chi connectivity index (χ2v) is 6.53. The Morgan fingerprint density at radius 1 is 0.818 bits per heavy atom. The number of rotatable bonds is 15. The molecular formula is C19H37N3. The van der Waals surface area contributed by atoms with E-state index in [9.17, 15) is 0 Å². The third-order valence-corrected chi connectivity index (χ3v) is 4.36. The zero-order chi connectivity index (χ0) is 15.9. The highest BCUT2D eigenvalue weighted by molar-refractivity contribution is 5.01. The fourth-order valence-corrected chi connectivity index (χ4v) is 2.95. The molecule has 1 rings (SSSR count). The van der Waals surface area contributed by atoms with Gasteiger partial charge in [0, 0.05) is 24.7 Å². The second-order valence-electron chi connectivity index (χ2n) is 6.53. The maximum Gasteiger partial charge on any atom is 0.106 e. The van der Waals surface area contributed by atoms with Crippen molar-refractivity contribution in [1.82, 2.24) is 9.97 Å². The lowest BCUT2D eigenvalue weighted by atomic mass is 10.0. The fourth-order valence-electron chi connectivity index (χ4n) is 2.95. The lowest BCUT2D eigenvalue weighted by Gasteiger charge is -2.02. The standard InChI is InChI=1S/C19H37N3/c1-2-3-4-5-6-7-8-9-10-11-12-13-14-19-21-17-18(22-19)15-16-20/h17H,2-16,20H2,1H3,(H,21,22). The van der Waals surface area contributed by atoms with Crippen molar-refractivity contribution in [3.05, 3.63) is 17.7 Å². The zero-order valence-corrected chi connectivity index (χ0v) is 14.7. The van der Waals surface area contributed by atoms with Gasteiger partial charge in [0.25, 0.3) is 0 Å². The Labute approximate surface area is 137 Å². The normalized spacial score (nSPS) is 11.2. The Morgan fingerprint density at radius 2 is 1.36 bits per heavy atom. The Hall–Kier alpha value is -0.830. The molecule has 0 saturated heterocycles. The van der Waals surface area contributed by atoms with Crippen LogP contribution < -0.4 is 5.73 Å². The topological polar surface area (TPSA) is 54.7 Å². The van der Waals surface area contributed by atoms with Crippen molar-refractivity contribution < 1.29 is 0 Å². The number of H-pyrrole nitrogens is 1. The molecule has 0 radical (unpaired) electrons. The number of hydrogen-bond acceptors (Lipinski definition) is 2. The molecule has 0 saturated carbocycles. The summed E-state index contributed by atoms with van der Waals surface area (Å²) in [5, 5.41) is 0. The maximum absolute atomic E-state index is 5.54. The van der Waals surface area contributed by atoms with E-state index in [1.165, 1.54) is 82.7 Å². The molecule has 0 aliphatic rings. The van der Waals surface area contributed by atoms with E-state index in [0.717, 1.165) is 18.7 Å². The lowest BCUT2D eigenvalue weighted by molar-refractivity contribution is 0.543. The Bertz CT molecular complexity index is 346. The summed E-state index contributed by atoms with van der Waals surface area (Å²) in [5.74, 6) is 1.13. The number of aromatic amines is 1. The minimum atomic E-state index is 0.695. The SMILES string of the molecule is CCCCCCCCCCCCCCc1ncc(CCN)[nH]1. The zero-order valence-electron chi connectivity index (χ0n) is 14.7. The van der Waals surface area contributed by atoms with E-state index in [2.05, 4.69) is 16.9 Å². The van der Waals surface area contributed by atoms with Gasteiger partial charge in [0.15, 0.2) is 0 Å². The molecule has 0 aliphatic carbocycles. The van der Waals surface area contributed by atoms with Gasteiger partial charge in [-0.1, -0.05) is 77.6 Å². The summed E-state index contributed by atoms with van der Waals surface area (Å²) in [6.45, 7) is 2.98. The molecule has 3 heteroatoms. The van der Waals surface area contributed by atoms with Crippen LogP contribution >= 0.6 is 0 Å². The molecule has 0 amide bonds. The fraction of sp³-hybridized carbons (Fsp3) is 0.842. The van der Waals surface area contributed by atoms with Crippen LogP contribution in [0, 0.1) is 0 Å². The average Bonchev–Trinajstić information content (AvgIpc) is 2.96. The molecule has 1 aromatic rings. The smallest absolute Gasteiger partial charge is 0.106 e. The van der Waals surface area contributed by atoms with Gasteiger partial charge in [-0.25, -0.2) is 4.98 Å². The molecule has 3 nitrogen and oxygen atoms in total. The van der Waals surface area contributed by atoms with E-state index in [0.29, 0.717) is 6.54 Å². The number of hydrogen-bond donors (Lipinski definition) is 2. The van der Waals surface area contributed by atoms with Crippen LogP contribution in [-0.4, -0.2) is 16.5 Å².